The first-order valence-corrected chi connectivity index (χ1v) is 7.44. The number of rotatable bonds is 6. The van der Waals surface area contributed by atoms with E-state index >= 15 is 0 Å². The number of hydrogen-bond donors (Lipinski definition) is 3. The lowest BCUT2D eigenvalue weighted by Crippen LogP contribution is -2.41. The lowest BCUT2D eigenvalue weighted by molar-refractivity contribution is 0.0685. The molecular weight excluding hydrogens is 308 g/mol. The van der Waals surface area contributed by atoms with Crippen molar-refractivity contribution in [3.63, 3.8) is 0 Å². The maximum atomic E-state index is 13.9. The van der Waals surface area contributed by atoms with Crippen LogP contribution in [-0.4, -0.2) is 37.2 Å². The van der Waals surface area contributed by atoms with Gasteiger partial charge in [0.1, 0.15) is 16.3 Å². The van der Waals surface area contributed by atoms with Crippen LogP contribution in [0.2, 0.25) is 0 Å². The Balaban J connectivity index is 3.33. The first-order valence-electron chi connectivity index (χ1n) is 5.96. The molecule has 0 saturated heterocycles. The number of halogens is 2. The quantitative estimate of drug-likeness (QED) is 0.723. The zero-order chi connectivity index (χ0) is 16.4. The summed E-state index contributed by atoms with van der Waals surface area (Å²) in [4.78, 5) is 9.79. The number of aliphatic hydroxyl groups excluding tert-OH is 1. The first kappa shape index (κ1) is 17.5. The Morgan fingerprint density at radius 3 is 2.33 bits per heavy atom. The van der Waals surface area contributed by atoms with Gasteiger partial charge in [-0.05, 0) is 18.1 Å². The first-order chi connectivity index (χ1) is 9.61. The lowest BCUT2D eigenvalue weighted by Gasteiger charge is -2.20. The minimum Gasteiger partial charge on any atom is -0.477 e. The van der Waals surface area contributed by atoms with E-state index in [0.29, 0.717) is 12.1 Å². The zero-order valence-electron chi connectivity index (χ0n) is 11.3. The Kier molecular flexibility index (Phi) is 5.37. The van der Waals surface area contributed by atoms with Crippen molar-refractivity contribution in [3.05, 3.63) is 29.3 Å². The highest BCUT2D eigenvalue weighted by Crippen LogP contribution is 2.21. The molecule has 0 saturated carbocycles. The van der Waals surface area contributed by atoms with Gasteiger partial charge >= 0.3 is 5.97 Å². The number of carboxylic acids is 1. The van der Waals surface area contributed by atoms with Crippen LogP contribution in [0.5, 0.6) is 0 Å². The molecule has 1 aromatic carbocycles. The summed E-state index contributed by atoms with van der Waals surface area (Å²) >= 11 is 0. The molecule has 118 valence electrons. The number of benzene rings is 1. The minimum atomic E-state index is -4.44. The molecule has 1 rings (SSSR count). The third-order valence-electron chi connectivity index (χ3n) is 2.87. The van der Waals surface area contributed by atoms with Crippen molar-refractivity contribution in [1.29, 1.82) is 0 Å². The number of carboxylic acid groups (broad SMARTS) is 1. The Morgan fingerprint density at radius 1 is 1.33 bits per heavy atom. The van der Waals surface area contributed by atoms with Gasteiger partial charge in [-0.1, -0.05) is 13.8 Å². The number of hydrogen-bond acceptors (Lipinski definition) is 4. The Morgan fingerprint density at radius 2 is 1.90 bits per heavy atom. The van der Waals surface area contributed by atoms with E-state index in [1.807, 2.05) is 0 Å². The molecular formula is C12H15F2NO5S. The van der Waals surface area contributed by atoms with Crippen LogP contribution in [-0.2, 0) is 10.0 Å². The number of carbonyl (C=O) groups is 1. The molecule has 0 aliphatic heterocycles. The largest absolute Gasteiger partial charge is 0.477 e. The van der Waals surface area contributed by atoms with Crippen LogP contribution in [0.4, 0.5) is 8.78 Å². The maximum absolute atomic E-state index is 13.9. The summed E-state index contributed by atoms with van der Waals surface area (Å²) in [6, 6.07) is 0.311. The molecule has 0 aliphatic carbocycles. The summed E-state index contributed by atoms with van der Waals surface area (Å²) in [5.41, 5.74) is -1.34. The number of sulfonamides is 1. The smallest absolute Gasteiger partial charge is 0.341 e. The van der Waals surface area contributed by atoms with Crippen LogP contribution in [0.25, 0.3) is 0 Å². The van der Waals surface area contributed by atoms with E-state index < -0.39 is 50.7 Å². The van der Waals surface area contributed by atoms with Gasteiger partial charge in [-0.2, -0.15) is 0 Å². The standard InChI is InChI=1S/C12H15F2NO5S/c1-6(2)8(5-16)15-21(19,20)9-4-3-7(13)10(11(9)14)12(17)18/h3-4,6,8,15-16H,5H2,1-2H3,(H,17,18). The highest BCUT2D eigenvalue weighted by atomic mass is 32.2. The van der Waals surface area contributed by atoms with E-state index in [1.165, 1.54) is 0 Å². The van der Waals surface area contributed by atoms with Crippen molar-refractivity contribution >= 4 is 16.0 Å². The summed E-state index contributed by atoms with van der Waals surface area (Å²) in [6.45, 7) is 2.74. The second-order valence-electron chi connectivity index (χ2n) is 4.69. The number of nitrogens with one attached hydrogen (secondary N) is 1. The second kappa shape index (κ2) is 6.46. The molecule has 0 fully saturated rings. The Hall–Kier alpha value is -1.58. The van der Waals surface area contributed by atoms with Gasteiger partial charge in [0.25, 0.3) is 0 Å². The second-order valence-corrected chi connectivity index (χ2v) is 6.38. The average Bonchev–Trinajstić information content (AvgIpc) is 2.34. The van der Waals surface area contributed by atoms with E-state index in [4.69, 9.17) is 10.2 Å². The van der Waals surface area contributed by atoms with Crippen molar-refractivity contribution in [3.8, 4) is 0 Å². The fourth-order valence-electron chi connectivity index (χ4n) is 1.58. The van der Waals surface area contributed by atoms with Crippen LogP contribution >= 0.6 is 0 Å². The van der Waals surface area contributed by atoms with Gasteiger partial charge in [0.05, 0.1) is 6.61 Å². The van der Waals surface area contributed by atoms with E-state index in [-0.39, 0.29) is 5.92 Å². The van der Waals surface area contributed by atoms with E-state index in [9.17, 15) is 22.0 Å². The molecule has 0 amide bonds. The van der Waals surface area contributed by atoms with Gasteiger partial charge in [0.2, 0.25) is 10.0 Å². The van der Waals surface area contributed by atoms with E-state index in [1.54, 1.807) is 13.8 Å². The molecule has 0 heterocycles. The molecule has 6 nitrogen and oxygen atoms in total. The molecule has 0 aromatic heterocycles. The Labute approximate surface area is 120 Å². The molecule has 0 aliphatic rings. The minimum absolute atomic E-state index is 0.285. The van der Waals surface area contributed by atoms with Gasteiger partial charge in [-0.3, -0.25) is 0 Å². The number of aromatic carboxylic acids is 1. The third-order valence-corrected chi connectivity index (χ3v) is 4.37. The summed E-state index contributed by atoms with van der Waals surface area (Å²) in [6.07, 6.45) is 0. The van der Waals surface area contributed by atoms with Gasteiger partial charge < -0.3 is 10.2 Å². The fraction of sp³-hybridized carbons (Fsp3) is 0.417. The summed E-state index contributed by atoms with van der Waals surface area (Å²) in [7, 11) is -4.44. The SMILES string of the molecule is CC(C)C(CO)NS(=O)(=O)c1ccc(F)c(C(=O)O)c1F. The zero-order valence-corrected chi connectivity index (χ0v) is 12.1. The van der Waals surface area contributed by atoms with Gasteiger partial charge in [-0.15, -0.1) is 0 Å². The van der Waals surface area contributed by atoms with Crippen LogP contribution in [0.3, 0.4) is 0 Å². The molecule has 0 radical (unpaired) electrons. The molecule has 1 unspecified atom stereocenters. The van der Waals surface area contributed by atoms with Crippen LogP contribution in [0, 0.1) is 17.6 Å². The lowest BCUT2D eigenvalue weighted by atomic mass is 10.1. The van der Waals surface area contributed by atoms with Crippen molar-refractivity contribution in [2.75, 3.05) is 6.61 Å². The summed E-state index contributed by atoms with van der Waals surface area (Å²) in [5, 5.41) is 17.8. The summed E-state index contributed by atoms with van der Waals surface area (Å²) in [5.74, 6) is -5.26. The van der Waals surface area contributed by atoms with Crippen molar-refractivity contribution in [2.24, 2.45) is 5.92 Å². The normalized spacial score (nSPS) is 13.4. The molecule has 1 atom stereocenters. The van der Waals surface area contributed by atoms with Crippen molar-refractivity contribution in [1.82, 2.24) is 4.72 Å². The van der Waals surface area contributed by atoms with Crippen molar-refractivity contribution < 1.29 is 32.2 Å². The topological polar surface area (TPSA) is 104 Å². The van der Waals surface area contributed by atoms with Crippen LogP contribution < -0.4 is 4.72 Å². The van der Waals surface area contributed by atoms with Gasteiger partial charge in [0, 0.05) is 6.04 Å². The molecule has 3 N–H and O–H groups in total. The maximum Gasteiger partial charge on any atom is 0.341 e. The predicted molar refractivity (Wildman–Crippen MR) is 69.4 cm³/mol. The van der Waals surface area contributed by atoms with Crippen LogP contribution in [0.15, 0.2) is 17.0 Å². The van der Waals surface area contributed by atoms with Gasteiger partial charge in [-0.25, -0.2) is 26.7 Å². The van der Waals surface area contributed by atoms with E-state index in [2.05, 4.69) is 4.72 Å². The third kappa shape index (κ3) is 3.74. The number of aliphatic hydroxyl groups is 1. The molecule has 0 bridgehead atoms. The highest BCUT2D eigenvalue weighted by molar-refractivity contribution is 7.89. The van der Waals surface area contributed by atoms with E-state index in [0.717, 1.165) is 0 Å². The Bertz CT molecular complexity index is 645. The fourth-order valence-corrected chi connectivity index (χ4v) is 3.04. The molecule has 9 heteroatoms. The monoisotopic (exact) mass is 323 g/mol. The average molecular weight is 323 g/mol. The molecule has 1 aromatic rings. The van der Waals surface area contributed by atoms with Crippen LogP contribution in [0.1, 0.15) is 24.2 Å². The van der Waals surface area contributed by atoms with Gasteiger partial charge in [0.15, 0.2) is 5.82 Å². The molecule has 0 spiro atoms. The predicted octanol–water partition coefficient (Wildman–Crippen LogP) is 0.958. The summed E-state index contributed by atoms with van der Waals surface area (Å²) < 4.78 is 53.3. The highest BCUT2D eigenvalue weighted by Gasteiger charge is 2.29. The molecule has 21 heavy (non-hydrogen) atoms. The van der Waals surface area contributed by atoms with Crippen molar-refractivity contribution in [2.45, 2.75) is 24.8 Å².